The molecule has 116 valence electrons. The van der Waals surface area contributed by atoms with Crippen molar-refractivity contribution in [1.82, 2.24) is 0 Å². The Morgan fingerprint density at radius 3 is 2.45 bits per heavy atom. The summed E-state index contributed by atoms with van der Waals surface area (Å²) in [4.78, 5) is 29.1. The molecule has 0 amide bonds. The van der Waals surface area contributed by atoms with Gasteiger partial charge in [0.2, 0.25) is 0 Å². The van der Waals surface area contributed by atoms with Crippen molar-refractivity contribution in [3.8, 4) is 0 Å². The van der Waals surface area contributed by atoms with Crippen LogP contribution in [-0.2, 0) is 31.2 Å². The van der Waals surface area contributed by atoms with Gasteiger partial charge in [-0.1, -0.05) is 37.3 Å². The molecule has 0 saturated carbocycles. The second-order valence-electron chi connectivity index (χ2n) is 4.74. The molecule has 1 heterocycles. The summed E-state index contributed by atoms with van der Waals surface area (Å²) < 4.78 is 5.34. The largest absolute Gasteiger partial charge is 0.460 e. The van der Waals surface area contributed by atoms with Gasteiger partial charge in [0, 0.05) is 0 Å². The fourth-order valence-electron chi connectivity index (χ4n) is 2.27. The third kappa shape index (κ3) is 3.03. The van der Waals surface area contributed by atoms with Gasteiger partial charge < -0.3 is 9.57 Å². The van der Waals surface area contributed by atoms with Crippen molar-refractivity contribution in [2.24, 2.45) is 5.90 Å². The molecule has 2 aromatic rings. The number of ether oxygens (including phenoxy) is 1. The highest BCUT2D eigenvalue weighted by Gasteiger charge is 2.49. The van der Waals surface area contributed by atoms with Gasteiger partial charge in [-0.05, 0) is 34.4 Å². The summed E-state index contributed by atoms with van der Waals surface area (Å²) >= 11 is 1.39. The summed E-state index contributed by atoms with van der Waals surface area (Å²) in [7, 11) is 0. The van der Waals surface area contributed by atoms with Gasteiger partial charge in [-0.2, -0.15) is 17.2 Å². The maximum atomic E-state index is 12.6. The molecule has 1 atom stereocenters. The van der Waals surface area contributed by atoms with Crippen molar-refractivity contribution in [3.05, 3.63) is 58.3 Å². The second-order valence-corrected chi connectivity index (χ2v) is 5.52. The maximum absolute atomic E-state index is 12.6. The van der Waals surface area contributed by atoms with Crippen molar-refractivity contribution in [1.29, 1.82) is 0 Å². The minimum absolute atomic E-state index is 0.0867. The van der Waals surface area contributed by atoms with E-state index in [1.54, 1.807) is 23.8 Å². The number of hydrogen-bond acceptors (Lipinski definition) is 6. The predicted octanol–water partition coefficient (Wildman–Crippen LogP) is 2.56. The lowest BCUT2D eigenvalue weighted by molar-refractivity contribution is -0.166. The van der Waals surface area contributed by atoms with E-state index in [1.165, 1.54) is 11.3 Å². The molecular formula is C16H17NO4S. The number of carbonyl (C=O) groups excluding carboxylic acids is 2. The standard InChI is InChI=1S/C16H17NO4S/c1-2-16(15(19)21-17,13-8-9-22-11-13)14(18)20-10-12-6-4-3-5-7-12/h3-9,11H,2,10,17H2,1H3. The van der Waals surface area contributed by atoms with Crippen LogP contribution in [0.25, 0.3) is 0 Å². The average Bonchev–Trinajstić information content (AvgIpc) is 3.09. The molecule has 2 rings (SSSR count). The molecule has 1 unspecified atom stereocenters. The zero-order valence-electron chi connectivity index (χ0n) is 12.2. The number of nitrogens with two attached hydrogens (primary N) is 1. The molecule has 5 nitrogen and oxygen atoms in total. The van der Waals surface area contributed by atoms with Crippen LogP contribution in [0.15, 0.2) is 47.2 Å². The van der Waals surface area contributed by atoms with Crippen LogP contribution in [0.5, 0.6) is 0 Å². The van der Waals surface area contributed by atoms with Crippen molar-refractivity contribution in [2.75, 3.05) is 0 Å². The summed E-state index contributed by atoms with van der Waals surface area (Å²) in [5.74, 6) is 3.56. The highest BCUT2D eigenvalue weighted by Crippen LogP contribution is 2.33. The number of esters is 1. The van der Waals surface area contributed by atoms with Crippen LogP contribution in [0.1, 0.15) is 24.5 Å². The van der Waals surface area contributed by atoms with E-state index in [9.17, 15) is 9.59 Å². The third-order valence-corrected chi connectivity index (χ3v) is 4.24. The van der Waals surface area contributed by atoms with E-state index in [0.29, 0.717) is 5.56 Å². The molecule has 1 aromatic heterocycles. The van der Waals surface area contributed by atoms with E-state index in [4.69, 9.17) is 10.6 Å². The fourth-order valence-corrected chi connectivity index (χ4v) is 3.00. The maximum Gasteiger partial charge on any atom is 0.346 e. The van der Waals surface area contributed by atoms with Gasteiger partial charge >= 0.3 is 11.9 Å². The molecule has 0 saturated heterocycles. The van der Waals surface area contributed by atoms with Gasteiger partial charge in [-0.25, -0.2) is 4.79 Å². The van der Waals surface area contributed by atoms with Gasteiger partial charge in [0.05, 0.1) is 0 Å². The third-order valence-electron chi connectivity index (χ3n) is 3.56. The van der Waals surface area contributed by atoms with E-state index in [1.807, 2.05) is 30.3 Å². The summed E-state index contributed by atoms with van der Waals surface area (Å²) in [5, 5.41) is 3.51. The molecule has 0 fully saturated rings. The monoisotopic (exact) mass is 319 g/mol. The van der Waals surface area contributed by atoms with Crippen LogP contribution in [0.2, 0.25) is 0 Å². The Morgan fingerprint density at radius 2 is 1.91 bits per heavy atom. The number of benzene rings is 1. The van der Waals surface area contributed by atoms with Gasteiger partial charge in [0.25, 0.3) is 0 Å². The molecule has 6 heteroatoms. The SMILES string of the molecule is CCC(C(=O)ON)(C(=O)OCc1ccccc1)c1ccsc1. The summed E-state index contributed by atoms with van der Waals surface area (Å²) in [6.07, 6.45) is 0.202. The van der Waals surface area contributed by atoms with Gasteiger partial charge in [-0.15, -0.1) is 0 Å². The lowest BCUT2D eigenvalue weighted by Crippen LogP contribution is -2.46. The van der Waals surface area contributed by atoms with E-state index in [0.717, 1.165) is 5.56 Å². The van der Waals surface area contributed by atoms with Crippen LogP contribution in [0, 0.1) is 0 Å². The highest BCUT2D eigenvalue weighted by atomic mass is 32.1. The Morgan fingerprint density at radius 1 is 1.18 bits per heavy atom. The van der Waals surface area contributed by atoms with E-state index in [2.05, 4.69) is 4.84 Å². The van der Waals surface area contributed by atoms with Gasteiger partial charge in [-0.3, -0.25) is 4.79 Å². The van der Waals surface area contributed by atoms with Crippen LogP contribution >= 0.6 is 11.3 Å². The molecule has 0 bridgehead atoms. The van der Waals surface area contributed by atoms with Crippen LogP contribution in [0.4, 0.5) is 0 Å². The fraction of sp³-hybridized carbons (Fsp3) is 0.250. The first-order valence-corrected chi connectivity index (χ1v) is 7.74. The van der Waals surface area contributed by atoms with E-state index < -0.39 is 17.4 Å². The number of carbonyl (C=O) groups is 2. The first-order valence-electron chi connectivity index (χ1n) is 6.80. The Bertz CT molecular complexity index is 627. The van der Waals surface area contributed by atoms with Crippen molar-refractivity contribution >= 4 is 23.3 Å². The summed E-state index contributed by atoms with van der Waals surface area (Å²) in [6, 6.07) is 11.0. The van der Waals surface area contributed by atoms with Crippen molar-refractivity contribution in [3.63, 3.8) is 0 Å². The zero-order chi connectivity index (χ0) is 16.0. The Balaban J connectivity index is 2.25. The molecule has 1 aromatic carbocycles. The van der Waals surface area contributed by atoms with E-state index in [-0.39, 0.29) is 13.0 Å². The number of hydrogen-bond donors (Lipinski definition) is 1. The summed E-state index contributed by atoms with van der Waals surface area (Å²) in [5.41, 5.74) is -0.149. The Labute approximate surface area is 132 Å². The molecule has 0 aliphatic carbocycles. The molecule has 2 N–H and O–H groups in total. The molecular weight excluding hydrogens is 302 g/mol. The molecule has 0 spiro atoms. The van der Waals surface area contributed by atoms with Crippen LogP contribution in [0.3, 0.4) is 0 Å². The van der Waals surface area contributed by atoms with Crippen LogP contribution in [-0.4, -0.2) is 11.9 Å². The lowest BCUT2D eigenvalue weighted by Gasteiger charge is -2.26. The average molecular weight is 319 g/mol. The summed E-state index contributed by atoms with van der Waals surface area (Å²) in [6.45, 7) is 1.81. The zero-order valence-corrected chi connectivity index (χ0v) is 13.0. The molecule has 0 aliphatic rings. The molecule has 0 aliphatic heterocycles. The number of rotatable bonds is 6. The Kier molecular flexibility index (Phi) is 5.30. The minimum Gasteiger partial charge on any atom is -0.460 e. The first-order chi connectivity index (χ1) is 10.6. The number of thiophene rings is 1. The molecule has 0 radical (unpaired) electrons. The topological polar surface area (TPSA) is 78.6 Å². The van der Waals surface area contributed by atoms with Crippen molar-refractivity contribution in [2.45, 2.75) is 25.4 Å². The smallest absolute Gasteiger partial charge is 0.346 e. The van der Waals surface area contributed by atoms with Gasteiger partial charge in [0.15, 0.2) is 5.41 Å². The minimum atomic E-state index is -1.52. The van der Waals surface area contributed by atoms with Gasteiger partial charge in [0.1, 0.15) is 6.61 Å². The lowest BCUT2D eigenvalue weighted by atomic mass is 9.79. The normalized spacial score (nSPS) is 13.2. The van der Waals surface area contributed by atoms with E-state index >= 15 is 0 Å². The first kappa shape index (κ1) is 16.2. The Hall–Kier alpha value is -2.18. The van der Waals surface area contributed by atoms with Crippen molar-refractivity contribution < 1.29 is 19.2 Å². The quantitative estimate of drug-likeness (QED) is 0.503. The highest BCUT2D eigenvalue weighted by molar-refractivity contribution is 7.08. The molecule has 22 heavy (non-hydrogen) atoms. The predicted molar refractivity (Wildman–Crippen MR) is 82.8 cm³/mol. The second kappa shape index (κ2) is 7.20. The van der Waals surface area contributed by atoms with Crippen LogP contribution < -0.4 is 5.90 Å².